The number of pyridine rings is 1. The molecule has 0 unspecified atom stereocenters. The van der Waals surface area contributed by atoms with Crippen molar-refractivity contribution in [2.24, 2.45) is 5.92 Å². The maximum atomic E-state index is 12.5. The first-order valence-electron chi connectivity index (χ1n) is 8.24. The lowest BCUT2D eigenvalue weighted by Crippen LogP contribution is -2.05. The second-order valence-electron chi connectivity index (χ2n) is 6.56. The first kappa shape index (κ1) is 16.3. The minimum atomic E-state index is 0.000475. The molecule has 5 heteroatoms. The summed E-state index contributed by atoms with van der Waals surface area (Å²) in [5.74, 6) is 1.38. The van der Waals surface area contributed by atoms with Crippen LogP contribution in [0.1, 0.15) is 31.5 Å². The highest BCUT2D eigenvalue weighted by molar-refractivity contribution is 5.86. The standard InChI is InChI=1S/C19H23N3O2/c1-11(2)5-7-15-14(10-20-22-15)16-9-17(23)13-6-8-18(24-4)12(3)19(13)21-16/h6,8-11H,5,7H2,1-4H3,(H,20,22)(H,21,23). The normalized spacial score (nSPS) is 11.4. The van der Waals surface area contributed by atoms with Crippen molar-refractivity contribution in [1.82, 2.24) is 15.2 Å². The van der Waals surface area contributed by atoms with E-state index >= 15 is 0 Å². The number of hydrogen-bond donors (Lipinski definition) is 2. The fourth-order valence-corrected chi connectivity index (χ4v) is 2.97. The zero-order valence-corrected chi connectivity index (χ0v) is 14.6. The van der Waals surface area contributed by atoms with E-state index in [1.54, 1.807) is 25.4 Å². The summed E-state index contributed by atoms with van der Waals surface area (Å²) < 4.78 is 5.37. The van der Waals surface area contributed by atoms with Gasteiger partial charge in [-0.3, -0.25) is 9.89 Å². The molecule has 1 aromatic carbocycles. The fraction of sp³-hybridized carbons (Fsp3) is 0.368. The average Bonchev–Trinajstić information content (AvgIpc) is 3.02. The van der Waals surface area contributed by atoms with Crippen molar-refractivity contribution in [2.75, 3.05) is 7.11 Å². The van der Waals surface area contributed by atoms with Crippen LogP contribution >= 0.6 is 0 Å². The average molecular weight is 325 g/mol. The monoisotopic (exact) mass is 325 g/mol. The van der Waals surface area contributed by atoms with Crippen LogP contribution in [0, 0.1) is 12.8 Å². The first-order valence-corrected chi connectivity index (χ1v) is 8.24. The molecule has 2 N–H and O–H groups in total. The van der Waals surface area contributed by atoms with Crippen molar-refractivity contribution < 1.29 is 4.74 Å². The van der Waals surface area contributed by atoms with Gasteiger partial charge in [0.1, 0.15) is 5.75 Å². The molecule has 0 spiro atoms. The molecule has 0 fully saturated rings. The van der Waals surface area contributed by atoms with Gasteiger partial charge in [-0.1, -0.05) is 13.8 Å². The van der Waals surface area contributed by atoms with Gasteiger partial charge in [0.05, 0.1) is 24.5 Å². The third-order valence-corrected chi connectivity index (χ3v) is 4.42. The van der Waals surface area contributed by atoms with Gasteiger partial charge in [-0.25, -0.2) is 0 Å². The molecule has 2 heterocycles. The molecule has 2 aromatic heterocycles. The van der Waals surface area contributed by atoms with Gasteiger partial charge in [-0.05, 0) is 37.8 Å². The van der Waals surface area contributed by atoms with Crippen LogP contribution in [-0.2, 0) is 6.42 Å². The Labute approximate surface area is 141 Å². The Morgan fingerprint density at radius 1 is 1.29 bits per heavy atom. The molecular formula is C19H23N3O2. The van der Waals surface area contributed by atoms with Crippen LogP contribution in [0.3, 0.4) is 0 Å². The molecule has 0 aliphatic carbocycles. The highest BCUT2D eigenvalue weighted by atomic mass is 16.5. The van der Waals surface area contributed by atoms with Crippen LogP contribution in [0.5, 0.6) is 5.75 Å². The third kappa shape index (κ3) is 2.94. The van der Waals surface area contributed by atoms with E-state index in [1.807, 2.05) is 13.0 Å². The van der Waals surface area contributed by atoms with E-state index in [1.165, 1.54) is 0 Å². The molecule has 0 atom stereocenters. The van der Waals surface area contributed by atoms with Crippen molar-refractivity contribution >= 4 is 10.9 Å². The maximum Gasteiger partial charge on any atom is 0.190 e. The Morgan fingerprint density at radius 3 is 2.79 bits per heavy atom. The summed E-state index contributed by atoms with van der Waals surface area (Å²) in [4.78, 5) is 15.9. The number of nitrogens with one attached hydrogen (secondary N) is 2. The largest absolute Gasteiger partial charge is 0.496 e. The molecule has 3 aromatic rings. The SMILES string of the molecule is COc1ccc2c(=O)cc(-c3cn[nH]c3CCC(C)C)[nH]c2c1C. The zero-order chi connectivity index (χ0) is 17.3. The third-order valence-electron chi connectivity index (χ3n) is 4.42. The molecule has 0 radical (unpaired) electrons. The second kappa shape index (κ2) is 6.51. The van der Waals surface area contributed by atoms with Gasteiger partial charge in [0, 0.05) is 28.3 Å². The van der Waals surface area contributed by atoms with E-state index in [4.69, 9.17) is 4.74 Å². The molecule has 24 heavy (non-hydrogen) atoms. The lowest BCUT2D eigenvalue weighted by Gasteiger charge is -2.10. The van der Waals surface area contributed by atoms with E-state index in [2.05, 4.69) is 29.0 Å². The van der Waals surface area contributed by atoms with Gasteiger partial charge in [-0.15, -0.1) is 0 Å². The smallest absolute Gasteiger partial charge is 0.190 e. The summed E-state index contributed by atoms with van der Waals surface area (Å²) >= 11 is 0. The molecule has 3 rings (SSSR count). The summed E-state index contributed by atoms with van der Waals surface area (Å²) in [5, 5.41) is 7.91. The van der Waals surface area contributed by atoms with Crippen molar-refractivity contribution in [3.05, 3.63) is 45.9 Å². The zero-order valence-electron chi connectivity index (χ0n) is 14.6. The number of nitrogens with zero attached hydrogens (tertiary/aromatic N) is 1. The van der Waals surface area contributed by atoms with E-state index < -0.39 is 0 Å². The number of rotatable bonds is 5. The molecule has 0 saturated carbocycles. The summed E-state index contributed by atoms with van der Waals surface area (Å²) in [6.45, 7) is 6.35. The van der Waals surface area contributed by atoms with Crippen molar-refractivity contribution in [1.29, 1.82) is 0 Å². The Kier molecular flexibility index (Phi) is 4.42. The van der Waals surface area contributed by atoms with Crippen LogP contribution in [0.2, 0.25) is 0 Å². The second-order valence-corrected chi connectivity index (χ2v) is 6.56. The quantitative estimate of drug-likeness (QED) is 0.749. The Bertz CT molecular complexity index is 922. The number of benzene rings is 1. The van der Waals surface area contributed by atoms with Gasteiger partial charge >= 0.3 is 0 Å². The summed E-state index contributed by atoms with van der Waals surface area (Å²) in [6.07, 6.45) is 3.76. The fourth-order valence-electron chi connectivity index (χ4n) is 2.97. The number of aromatic amines is 2. The van der Waals surface area contributed by atoms with Crippen molar-refractivity contribution in [3.63, 3.8) is 0 Å². The minimum Gasteiger partial charge on any atom is -0.496 e. The number of hydrogen-bond acceptors (Lipinski definition) is 3. The van der Waals surface area contributed by atoms with Gasteiger partial charge in [-0.2, -0.15) is 5.10 Å². The van der Waals surface area contributed by atoms with Crippen LogP contribution in [0.4, 0.5) is 0 Å². The maximum absolute atomic E-state index is 12.5. The van der Waals surface area contributed by atoms with Gasteiger partial charge in [0.15, 0.2) is 5.43 Å². The number of fused-ring (bicyclic) bond motifs is 1. The highest BCUT2D eigenvalue weighted by Crippen LogP contribution is 2.27. The minimum absolute atomic E-state index is 0.000475. The Hall–Kier alpha value is -2.56. The highest BCUT2D eigenvalue weighted by Gasteiger charge is 2.13. The van der Waals surface area contributed by atoms with Gasteiger partial charge in [0.2, 0.25) is 0 Å². The molecule has 0 amide bonds. The molecule has 0 bridgehead atoms. The molecule has 5 nitrogen and oxygen atoms in total. The van der Waals surface area contributed by atoms with Crippen LogP contribution in [0.25, 0.3) is 22.2 Å². The van der Waals surface area contributed by atoms with E-state index in [0.717, 1.165) is 46.6 Å². The number of H-pyrrole nitrogens is 2. The lowest BCUT2D eigenvalue weighted by atomic mass is 10.0. The topological polar surface area (TPSA) is 70.8 Å². The van der Waals surface area contributed by atoms with Crippen molar-refractivity contribution in [3.8, 4) is 17.0 Å². The molecule has 0 aliphatic rings. The van der Waals surface area contributed by atoms with Crippen LogP contribution in [-0.4, -0.2) is 22.3 Å². The summed E-state index contributed by atoms with van der Waals surface area (Å²) in [6, 6.07) is 5.29. The van der Waals surface area contributed by atoms with Crippen molar-refractivity contribution in [2.45, 2.75) is 33.6 Å². The van der Waals surface area contributed by atoms with E-state index in [0.29, 0.717) is 11.3 Å². The summed E-state index contributed by atoms with van der Waals surface area (Å²) in [7, 11) is 1.64. The van der Waals surface area contributed by atoms with E-state index in [-0.39, 0.29) is 5.43 Å². The summed E-state index contributed by atoms with van der Waals surface area (Å²) in [5.41, 5.74) is 4.54. The molecule has 0 aliphatic heterocycles. The van der Waals surface area contributed by atoms with Crippen LogP contribution < -0.4 is 10.2 Å². The van der Waals surface area contributed by atoms with Gasteiger partial charge in [0.25, 0.3) is 0 Å². The molecular weight excluding hydrogens is 302 g/mol. The van der Waals surface area contributed by atoms with Crippen LogP contribution in [0.15, 0.2) is 29.2 Å². The van der Waals surface area contributed by atoms with E-state index in [9.17, 15) is 4.79 Å². The number of aryl methyl sites for hydroxylation is 2. The molecule has 0 saturated heterocycles. The number of ether oxygens (including phenoxy) is 1. The predicted molar refractivity (Wildman–Crippen MR) is 96.6 cm³/mol. The Morgan fingerprint density at radius 2 is 2.08 bits per heavy atom. The molecule has 126 valence electrons. The Balaban J connectivity index is 2.13. The van der Waals surface area contributed by atoms with Gasteiger partial charge < -0.3 is 9.72 Å². The number of methoxy groups -OCH3 is 1. The number of aromatic nitrogens is 3. The lowest BCUT2D eigenvalue weighted by molar-refractivity contribution is 0.412. The first-order chi connectivity index (χ1) is 11.5. The predicted octanol–water partition coefficient (Wildman–Crippen LogP) is 3.82.